The molecule has 3 amide bonds. The summed E-state index contributed by atoms with van der Waals surface area (Å²) in [7, 11) is 0. The maximum absolute atomic E-state index is 13.5. The van der Waals surface area contributed by atoms with Gasteiger partial charge in [-0.15, -0.1) is 0 Å². The molecule has 4 aromatic rings. The lowest BCUT2D eigenvalue weighted by molar-refractivity contribution is -0.126. The second-order valence-electron chi connectivity index (χ2n) is 9.45. The highest BCUT2D eigenvalue weighted by Gasteiger charge is 2.46. The van der Waals surface area contributed by atoms with Crippen LogP contribution in [0.2, 0.25) is 0 Å². The minimum atomic E-state index is -1.00. The molecule has 3 aromatic carbocycles. The first-order chi connectivity index (χ1) is 19.9. The smallest absolute Gasteiger partial charge is 0.411 e. The number of carbonyl (C=O) groups is 3. The summed E-state index contributed by atoms with van der Waals surface area (Å²) in [5.41, 5.74) is 2.74. The molecule has 10 heteroatoms. The Hall–Kier alpha value is -5.12. The lowest BCUT2D eigenvalue weighted by atomic mass is 10.00. The van der Waals surface area contributed by atoms with Crippen LogP contribution in [0.3, 0.4) is 0 Å². The van der Waals surface area contributed by atoms with E-state index in [4.69, 9.17) is 4.74 Å². The van der Waals surface area contributed by atoms with Crippen molar-refractivity contribution in [3.8, 4) is 0 Å². The number of cyclic esters (lactones) is 1. The molecule has 1 aliphatic heterocycles. The van der Waals surface area contributed by atoms with E-state index in [0.29, 0.717) is 35.3 Å². The molecule has 1 saturated heterocycles. The normalized spacial score (nSPS) is 16.2. The van der Waals surface area contributed by atoms with Crippen molar-refractivity contribution in [1.29, 1.82) is 0 Å². The third-order valence-electron chi connectivity index (χ3n) is 6.63. The van der Waals surface area contributed by atoms with Crippen LogP contribution < -0.4 is 10.6 Å². The fourth-order valence-electron chi connectivity index (χ4n) is 4.52. The van der Waals surface area contributed by atoms with Crippen molar-refractivity contribution >= 4 is 23.6 Å². The number of pyridine rings is 1. The first-order valence-electron chi connectivity index (χ1n) is 12.9. The summed E-state index contributed by atoms with van der Waals surface area (Å²) in [6.07, 6.45) is 0.559. The number of nitrogens with one attached hydrogen (secondary N) is 2. The van der Waals surface area contributed by atoms with Gasteiger partial charge in [0.15, 0.2) is 12.1 Å². The lowest BCUT2D eigenvalue weighted by Crippen LogP contribution is -2.46. The minimum Gasteiger partial charge on any atom is -0.438 e. The van der Waals surface area contributed by atoms with Crippen LogP contribution >= 0.6 is 0 Å². The van der Waals surface area contributed by atoms with E-state index in [1.54, 1.807) is 48.7 Å². The van der Waals surface area contributed by atoms with Crippen molar-refractivity contribution in [1.82, 2.24) is 15.2 Å². The number of rotatable bonds is 9. The van der Waals surface area contributed by atoms with E-state index in [-0.39, 0.29) is 6.54 Å². The summed E-state index contributed by atoms with van der Waals surface area (Å²) in [6.45, 7) is 0.339. The third kappa shape index (κ3) is 6.73. The number of halogens is 2. The number of anilines is 1. The van der Waals surface area contributed by atoms with Gasteiger partial charge >= 0.3 is 6.09 Å². The molecule has 0 spiro atoms. The Morgan fingerprint density at radius 3 is 2.22 bits per heavy atom. The highest BCUT2D eigenvalue weighted by atomic mass is 19.1. The van der Waals surface area contributed by atoms with Crippen molar-refractivity contribution < 1.29 is 27.9 Å². The average Bonchev–Trinajstić information content (AvgIpc) is 3.31. The Morgan fingerprint density at radius 2 is 1.56 bits per heavy atom. The van der Waals surface area contributed by atoms with Crippen LogP contribution in [-0.2, 0) is 22.5 Å². The van der Waals surface area contributed by atoms with Crippen LogP contribution in [0.4, 0.5) is 19.3 Å². The summed E-state index contributed by atoms with van der Waals surface area (Å²) in [5.74, 6) is -1.68. The van der Waals surface area contributed by atoms with Crippen molar-refractivity contribution in [3.05, 3.63) is 131 Å². The zero-order chi connectivity index (χ0) is 28.8. The number of amides is 3. The molecule has 2 atom stereocenters. The monoisotopic (exact) mass is 556 g/mol. The molecule has 1 aromatic heterocycles. The Labute approximate surface area is 235 Å². The lowest BCUT2D eigenvalue weighted by Gasteiger charge is -2.24. The Kier molecular flexibility index (Phi) is 8.28. The standard InChI is InChI=1S/C31H26F2N4O4/c32-23-10-4-20(5-11-23)19-37-27(30(39)35-18-16-25-3-1-2-17-34-25)28(41-31(37)40)21-8-14-26(15-9-21)36-29(38)22-6-12-24(33)13-7-22/h1-15,17,27-28H,16,18-19H2,(H,35,39)(H,36,38)/t27-,28+/m0/s1. The molecule has 1 aliphatic rings. The van der Waals surface area contributed by atoms with Gasteiger partial charge in [0.1, 0.15) is 11.6 Å². The van der Waals surface area contributed by atoms with E-state index < -0.39 is 41.7 Å². The first-order valence-corrected chi connectivity index (χ1v) is 12.9. The summed E-state index contributed by atoms with van der Waals surface area (Å²) < 4.78 is 32.3. The van der Waals surface area contributed by atoms with Crippen molar-refractivity contribution in [2.24, 2.45) is 0 Å². The predicted octanol–water partition coefficient (Wildman–Crippen LogP) is 5.03. The molecule has 5 rings (SSSR count). The molecule has 0 saturated carbocycles. The van der Waals surface area contributed by atoms with E-state index >= 15 is 0 Å². The van der Waals surface area contributed by atoms with Gasteiger partial charge in [-0.3, -0.25) is 19.5 Å². The Morgan fingerprint density at radius 1 is 0.878 bits per heavy atom. The Balaban J connectivity index is 1.33. The van der Waals surface area contributed by atoms with Gasteiger partial charge < -0.3 is 15.4 Å². The van der Waals surface area contributed by atoms with Crippen molar-refractivity contribution in [2.45, 2.75) is 25.1 Å². The maximum atomic E-state index is 13.5. The number of carbonyl (C=O) groups excluding carboxylic acids is 3. The molecule has 2 N–H and O–H groups in total. The molecule has 208 valence electrons. The number of benzene rings is 3. The highest BCUT2D eigenvalue weighted by Crippen LogP contribution is 2.34. The van der Waals surface area contributed by atoms with E-state index in [9.17, 15) is 23.2 Å². The van der Waals surface area contributed by atoms with Crippen LogP contribution in [0.1, 0.15) is 33.3 Å². The molecule has 2 heterocycles. The van der Waals surface area contributed by atoms with Crippen LogP contribution in [0.5, 0.6) is 0 Å². The topological polar surface area (TPSA) is 101 Å². The molecule has 8 nitrogen and oxygen atoms in total. The second kappa shape index (κ2) is 12.4. The molecule has 0 unspecified atom stereocenters. The van der Waals surface area contributed by atoms with E-state index in [0.717, 1.165) is 5.69 Å². The maximum Gasteiger partial charge on any atom is 0.411 e. The summed E-state index contributed by atoms with van der Waals surface area (Å²) in [5, 5.41) is 5.61. The molecule has 1 fully saturated rings. The summed E-state index contributed by atoms with van der Waals surface area (Å²) in [4.78, 5) is 44.5. The van der Waals surface area contributed by atoms with Gasteiger partial charge in [0.2, 0.25) is 5.91 Å². The van der Waals surface area contributed by atoms with Gasteiger partial charge in [-0.05, 0) is 71.8 Å². The van der Waals surface area contributed by atoms with Gasteiger partial charge in [0.05, 0.1) is 6.54 Å². The second-order valence-corrected chi connectivity index (χ2v) is 9.45. The number of ether oxygens (including phenoxy) is 1. The van der Waals surface area contributed by atoms with E-state index in [1.807, 2.05) is 12.1 Å². The zero-order valence-corrected chi connectivity index (χ0v) is 21.8. The van der Waals surface area contributed by atoms with Crippen LogP contribution in [-0.4, -0.2) is 40.4 Å². The first kappa shape index (κ1) is 27.4. The van der Waals surface area contributed by atoms with Crippen LogP contribution in [0.15, 0.2) is 97.2 Å². The van der Waals surface area contributed by atoms with Crippen LogP contribution in [0, 0.1) is 11.6 Å². The zero-order valence-electron chi connectivity index (χ0n) is 21.8. The minimum absolute atomic E-state index is 0.0414. The number of hydrogen-bond donors (Lipinski definition) is 2. The van der Waals surface area contributed by atoms with Gasteiger partial charge in [-0.2, -0.15) is 0 Å². The molecule has 0 radical (unpaired) electrons. The number of hydrogen-bond acceptors (Lipinski definition) is 5. The molecular formula is C31H26F2N4O4. The van der Waals surface area contributed by atoms with Crippen molar-refractivity contribution in [2.75, 3.05) is 11.9 Å². The van der Waals surface area contributed by atoms with E-state index in [2.05, 4.69) is 15.6 Å². The number of nitrogens with zero attached hydrogens (tertiary/aromatic N) is 2. The van der Waals surface area contributed by atoms with Gasteiger partial charge in [0.25, 0.3) is 5.91 Å². The quantitative estimate of drug-likeness (QED) is 0.301. The Bertz CT molecular complexity index is 1520. The van der Waals surface area contributed by atoms with Gasteiger partial charge in [0, 0.05) is 36.1 Å². The molecule has 0 bridgehead atoms. The molecular weight excluding hydrogens is 530 g/mol. The predicted molar refractivity (Wildman–Crippen MR) is 147 cm³/mol. The fourth-order valence-corrected chi connectivity index (χ4v) is 4.52. The van der Waals surface area contributed by atoms with Crippen molar-refractivity contribution in [3.63, 3.8) is 0 Å². The molecule has 0 aliphatic carbocycles. The highest BCUT2D eigenvalue weighted by molar-refractivity contribution is 6.04. The largest absolute Gasteiger partial charge is 0.438 e. The van der Waals surface area contributed by atoms with Crippen LogP contribution in [0.25, 0.3) is 0 Å². The molecule has 41 heavy (non-hydrogen) atoms. The summed E-state index contributed by atoms with van der Waals surface area (Å²) in [6, 6.07) is 21.9. The summed E-state index contributed by atoms with van der Waals surface area (Å²) >= 11 is 0. The van der Waals surface area contributed by atoms with Gasteiger partial charge in [-0.1, -0.05) is 30.3 Å². The number of aromatic nitrogens is 1. The third-order valence-corrected chi connectivity index (χ3v) is 6.63. The van der Waals surface area contributed by atoms with Gasteiger partial charge in [-0.25, -0.2) is 13.6 Å². The SMILES string of the molecule is O=C(Nc1ccc([C@H]2OC(=O)N(Cc3ccc(F)cc3)[C@@H]2C(=O)NCCc2ccccn2)cc1)c1ccc(F)cc1. The van der Waals surface area contributed by atoms with E-state index in [1.165, 1.54) is 41.3 Å². The fraction of sp³-hybridized carbons (Fsp3) is 0.161. The average molecular weight is 557 g/mol.